The molecule has 0 bridgehead atoms. The molecule has 0 saturated heterocycles. The summed E-state index contributed by atoms with van der Waals surface area (Å²) in [6.45, 7) is 1.22. The Morgan fingerprint density at radius 1 is 1.33 bits per heavy atom. The molecule has 0 aliphatic carbocycles. The molecule has 0 rings (SSSR count). The van der Waals surface area contributed by atoms with Gasteiger partial charge in [-0.2, -0.15) is 0 Å². The van der Waals surface area contributed by atoms with Gasteiger partial charge in [0.25, 0.3) is 0 Å². The van der Waals surface area contributed by atoms with E-state index >= 15 is 0 Å². The zero-order valence-electron chi connectivity index (χ0n) is 5.80. The molecule has 9 heavy (non-hydrogen) atoms. The number of hydrogen-bond acceptors (Lipinski definition) is 3. The minimum absolute atomic E-state index is 0.500. The first kappa shape index (κ1) is 9.01. The van der Waals surface area contributed by atoms with E-state index in [-0.39, 0.29) is 0 Å². The fourth-order valence-corrected chi connectivity index (χ4v) is 1.99. The molecule has 0 spiro atoms. The van der Waals surface area contributed by atoms with Gasteiger partial charge < -0.3 is 0 Å². The molecule has 0 N–H and O–H groups in total. The Kier molecular flexibility index (Phi) is 3.93. The van der Waals surface area contributed by atoms with Crippen LogP contribution in [0.4, 0.5) is 0 Å². The number of hydrogen-bond donors (Lipinski definition) is 0. The monoisotopic (exact) mass is 232 g/mol. The summed E-state index contributed by atoms with van der Waals surface area (Å²) in [4.78, 5) is 20.7. The molecule has 50 valence electrons. The van der Waals surface area contributed by atoms with Gasteiger partial charge in [0.15, 0.2) is 0 Å². The zero-order chi connectivity index (χ0) is 7.44. The van der Waals surface area contributed by atoms with Gasteiger partial charge in [-0.25, -0.2) is 0 Å². The SMILES string of the molecule is CC(=O)C(=O)[O][In]([CH3])[CH3]. The molecule has 0 unspecified atom stereocenters. The maximum absolute atomic E-state index is 10.4. The summed E-state index contributed by atoms with van der Waals surface area (Å²) in [6, 6.07) is 0. The maximum atomic E-state index is 10.4. The molecule has 0 saturated carbocycles. The molecule has 0 radical (unpaired) electrons. The topological polar surface area (TPSA) is 43.4 Å². The molecule has 0 aromatic rings. The second-order valence-electron chi connectivity index (χ2n) is 2.01. The summed E-state index contributed by atoms with van der Waals surface area (Å²) in [5.74, 6) is -1.17. The van der Waals surface area contributed by atoms with Crippen LogP contribution in [0.15, 0.2) is 0 Å². The minimum atomic E-state index is -1.94. The number of Topliss-reactive ketones (excluding diaryl/α,β-unsaturated/α-hetero) is 1. The average Bonchev–Trinajstić information content (AvgIpc) is 1.63. The van der Waals surface area contributed by atoms with Crippen molar-refractivity contribution in [2.75, 3.05) is 0 Å². The molecule has 0 aromatic carbocycles. The van der Waals surface area contributed by atoms with Gasteiger partial charge in [-0.3, -0.25) is 0 Å². The van der Waals surface area contributed by atoms with Crippen LogP contribution >= 0.6 is 0 Å². The second kappa shape index (κ2) is 3.93. The molecule has 0 fully saturated rings. The third-order valence-electron chi connectivity index (χ3n) is 0.630. The van der Waals surface area contributed by atoms with Gasteiger partial charge in [-0.15, -0.1) is 0 Å². The van der Waals surface area contributed by atoms with Crippen molar-refractivity contribution in [3.05, 3.63) is 0 Å². The van der Waals surface area contributed by atoms with Crippen molar-refractivity contribution in [2.45, 2.75) is 16.3 Å². The quantitative estimate of drug-likeness (QED) is 0.646. The van der Waals surface area contributed by atoms with Crippen LogP contribution in [0.1, 0.15) is 6.92 Å². The van der Waals surface area contributed by atoms with E-state index in [0.29, 0.717) is 0 Å². The first-order valence-electron chi connectivity index (χ1n) is 2.75. The van der Waals surface area contributed by atoms with Gasteiger partial charge in [0.05, 0.1) is 0 Å². The number of rotatable bonds is 2. The molecule has 0 aliphatic heterocycles. The third-order valence-corrected chi connectivity index (χ3v) is 2.59. The van der Waals surface area contributed by atoms with E-state index < -0.39 is 33.6 Å². The van der Waals surface area contributed by atoms with E-state index in [0.717, 1.165) is 0 Å². The molecule has 0 heterocycles. The molecule has 0 amide bonds. The normalized spacial score (nSPS) is 8.33. The van der Waals surface area contributed by atoms with E-state index in [2.05, 4.69) is 0 Å². The molecule has 4 heteroatoms. The molecule has 0 atom stereocenters. The average molecular weight is 232 g/mol. The van der Waals surface area contributed by atoms with Gasteiger partial charge in [0.1, 0.15) is 0 Å². The predicted molar refractivity (Wildman–Crippen MR) is 34.3 cm³/mol. The molecule has 3 nitrogen and oxygen atoms in total. The number of ketones is 1. The predicted octanol–water partition coefficient (Wildman–Crippen LogP) is 0.370. The number of carbonyl (C=O) groups excluding carboxylic acids is 2. The van der Waals surface area contributed by atoms with Crippen molar-refractivity contribution >= 4 is 33.6 Å². The van der Waals surface area contributed by atoms with Crippen molar-refractivity contribution in [1.82, 2.24) is 0 Å². The standard InChI is InChI=1S/C3H4O3.2CH3.In/c1-2(4)3(5)6;;;/h1H3,(H,5,6);2*1H3;/q;;;+1/p-1. The Bertz CT molecular complexity index is 130. The molecule has 0 aromatic heterocycles. The Morgan fingerprint density at radius 2 is 1.78 bits per heavy atom. The van der Waals surface area contributed by atoms with Crippen LogP contribution in [0, 0.1) is 0 Å². The van der Waals surface area contributed by atoms with Crippen LogP contribution in [0.2, 0.25) is 9.36 Å². The Morgan fingerprint density at radius 3 is 1.89 bits per heavy atom. The van der Waals surface area contributed by atoms with Crippen LogP contribution in [0.5, 0.6) is 0 Å². The first-order chi connectivity index (χ1) is 4.04. The zero-order valence-corrected chi connectivity index (χ0v) is 9.10. The van der Waals surface area contributed by atoms with Crippen LogP contribution in [-0.2, 0) is 12.4 Å². The third kappa shape index (κ3) is 4.51. The molecule has 0 aliphatic rings. The van der Waals surface area contributed by atoms with Crippen LogP contribution in [-0.4, -0.2) is 33.6 Å². The summed E-state index contributed by atoms with van der Waals surface area (Å²) < 4.78 is 8.54. The van der Waals surface area contributed by atoms with Crippen molar-refractivity contribution in [3.63, 3.8) is 0 Å². The van der Waals surface area contributed by atoms with Crippen molar-refractivity contribution < 1.29 is 12.4 Å². The molecular weight excluding hydrogens is 223 g/mol. The number of carbonyl (C=O) groups is 2. The summed E-state index contributed by atoms with van der Waals surface area (Å²) in [6.07, 6.45) is 0. The summed E-state index contributed by atoms with van der Waals surface area (Å²) in [5, 5.41) is 0. The van der Waals surface area contributed by atoms with Crippen molar-refractivity contribution in [1.29, 1.82) is 0 Å². The Labute approximate surface area is 62.5 Å². The van der Waals surface area contributed by atoms with Gasteiger partial charge >= 0.3 is 62.4 Å². The Balaban J connectivity index is 3.65. The van der Waals surface area contributed by atoms with Crippen molar-refractivity contribution in [2.24, 2.45) is 0 Å². The summed E-state index contributed by atoms with van der Waals surface area (Å²) in [5.41, 5.74) is 0. The fraction of sp³-hybridized carbons (Fsp3) is 0.600. The first-order valence-corrected chi connectivity index (χ1v) is 10.7. The van der Waals surface area contributed by atoms with Gasteiger partial charge in [0.2, 0.25) is 0 Å². The van der Waals surface area contributed by atoms with Gasteiger partial charge in [-0.05, 0) is 0 Å². The van der Waals surface area contributed by atoms with Crippen molar-refractivity contribution in [3.8, 4) is 0 Å². The van der Waals surface area contributed by atoms with E-state index in [1.807, 2.05) is 9.36 Å². The Hall–Kier alpha value is 0.0101. The summed E-state index contributed by atoms with van der Waals surface area (Å²) in [7, 11) is 0. The van der Waals surface area contributed by atoms with Crippen LogP contribution < -0.4 is 0 Å². The van der Waals surface area contributed by atoms with Gasteiger partial charge in [0, 0.05) is 0 Å². The fourth-order valence-electron chi connectivity index (χ4n) is 0.297. The van der Waals surface area contributed by atoms with E-state index in [1.54, 1.807) is 0 Å². The van der Waals surface area contributed by atoms with E-state index in [9.17, 15) is 9.59 Å². The second-order valence-corrected chi connectivity index (χ2v) is 8.67. The van der Waals surface area contributed by atoms with Gasteiger partial charge in [-0.1, -0.05) is 0 Å². The van der Waals surface area contributed by atoms with E-state index in [1.165, 1.54) is 6.92 Å². The van der Waals surface area contributed by atoms with Crippen LogP contribution in [0.3, 0.4) is 0 Å². The summed E-state index contributed by atoms with van der Waals surface area (Å²) >= 11 is -1.94. The van der Waals surface area contributed by atoms with E-state index in [4.69, 9.17) is 2.85 Å². The molecular formula is C5H9InO3. The van der Waals surface area contributed by atoms with Crippen LogP contribution in [0.25, 0.3) is 0 Å².